The molecular weight excluding hydrogens is 304 g/mol. The molecule has 1 aromatic carbocycles. The quantitative estimate of drug-likeness (QED) is 0.617. The second-order valence-electron chi connectivity index (χ2n) is 7.06. The van der Waals surface area contributed by atoms with E-state index in [9.17, 15) is 14.4 Å². The molecule has 0 aliphatic carbocycles. The minimum atomic E-state index is -0.909. The third-order valence-electron chi connectivity index (χ3n) is 4.55. The van der Waals surface area contributed by atoms with E-state index in [1.54, 1.807) is 19.1 Å². The molecule has 1 saturated heterocycles. The highest BCUT2D eigenvalue weighted by atomic mass is 16.2. The van der Waals surface area contributed by atoms with E-state index in [1.165, 1.54) is 0 Å². The van der Waals surface area contributed by atoms with Gasteiger partial charge in [-0.05, 0) is 37.7 Å². The van der Waals surface area contributed by atoms with E-state index in [4.69, 9.17) is 0 Å². The zero-order valence-corrected chi connectivity index (χ0v) is 14.9. The van der Waals surface area contributed by atoms with Crippen molar-refractivity contribution in [3.63, 3.8) is 0 Å². The largest absolute Gasteiger partial charge is 0.325 e. The van der Waals surface area contributed by atoms with Crippen LogP contribution in [0.25, 0.3) is 0 Å². The number of ketones is 1. The second-order valence-corrected chi connectivity index (χ2v) is 7.06. The number of amides is 3. The van der Waals surface area contributed by atoms with Crippen molar-refractivity contribution in [2.24, 2.45) is 5.92 Å². The summed E-state index contributed by atoms with van der Waals surface area (Å²) in [6.45, 7) is 7.71. The van der Waals surface area contributed by atoms with Gasteiger partial charge in [0.1, 0.15) is 5.54 Å². The number of hydrogen-bond acceptors (Lipinski definition) is 3. The van der Waals surface area contributed by atoms with Crippen molar-refractivity contribution in [2.75, 3.05) is 6.54 Å². The lowest BCUT2D eigenvalue weighted by atomic mass is 9.92. The molecule has 0 radical (unpaired) electrons. The summed E-state index contributed by atoms with van der Waals surface area (Å²) in [6.07, 6.45) is 2.31. The van der Waals surface area contributed by atoms with E-state index in [0.717, 1.165) is 23.3 Å². The molecule has 2 rings (SSSR count). The maximum absolute atomic E-state index is 12.6. The Hall–Kier alpha value is -2.17. The zero-order valence-electron chi connectivity index (χ0n) is 14.9. The van der Waals surface area contributed by atoms with Crippen LogP contribution in [0.1, 0.15) is 56.5 Å². The summed E-state index contributed by atoms with van der Waals surface area (Å²) < 4.78 is 0. The molecule has 1 aliphatic heterocycles. The molecule has 1 atom stereocenters. The highest BCUT2D eigenvalue weighted by molar-refractivity contribution is 6.10. The predicted octanol–water partition coefficient (Wildman–Crippen LogP) is 3.18. The first kappa shape index (κ1) is 18.2. The molecule has 3 amide bonds. The molecule has 1 heterocycles. The molecule has 0 bridgehead atoms. The number of nitrogens with one attached hydrogen (secondary N) is 1. The number of urea groups is 1. The standard InChI is InChI=1S/C19H26N2O3/c1-5-14-6-8-15(9-7-14)16(22)12-21-17(23)19(4,20-18(21)24)11-10-13(2)3/h6-9,13H,5,10-12H2,1-4H3,(H,20,24)/t19-/m1/s1. The Morgan fingerprint density at radius 1 is 1.21 bits per heavy atom. The smallest absolute Gasteiger partial charge is 0.323 e. The minimum Gasteiger partial charge on any atom is -0.323 e. The lowest BCUT2D eigenvalue weighted by Crippen LogP contribution is -2.44. The Labute approximate surface area is 143 Å². The van der Waals surface area contributed by atoms with Crippen LogP contribution in [0.2, 0.25) is 0 Å². The van der Waals surface area contributed by atoms with Gasteiger partial charge in [-0.25, -0.2) is 4.79 Å². The van der Waals surface area contributed by atoms with Gasteiger partial charge < -0.3 is 5.32 Å². The number of imide groups is 1. The normalized spacial score (nSPS) is 20.6. The van der Waals surface area contributed by atoms with Gasteiger partial charge >= 0.3 is 6.03 Å². The van der Waals surface area contributed by atoms with Crippen LogP contribution in [0.5, 0.6) is 0 Å². The van der Waals surface area contributed by atoms with Crippen molar-refractivity contribution in [1.29, 1.82) is 0 Å². The van der Waals surface area contributed by atoms with Crippen LogP contribution in [0, 0.1) is 5.92 Å². The zero-order chi connectivity index (χ0) is 17.9. The van der Waals surface area contributed by atoms with E-state index < -0.39 is 11.6 Å². The van der Waals surface area contributed by atoms with Crippen molar-refractivity contribution in [1.82, 2.24) is 10.2 Å². The summed E-state index contributed by atoms with van der Waals surface area (Å²) in [5.74, 6) is -0.0970. The van der Waals surface area contributed by atoms with Crippen LogP contribution in [-0.2, 0) is 11.2 Å². The Bertz CT molecular complexity index is 637. The van der Waals surface area contributed by atoms with Crippen LogP contribution >= 0.6 is 0 Å². The summed E-state index contributed by atoms with van der Waals surface area (Å²) >= 11 is 0. The van der Waals surface area contributed by atoms with E-state index >= 15 is 0 Å². The molecule has 24 heavy (non-hydrogen) atoms. The first-order valence-corrected chi connectivity index (χ1v) is 8.53. The SMILES string of the molecule is CCc1ccc(C(=O)CN2C(=O)N[C@](C)(CCC(C)C)C2=O)cc1. The summed E-state index contributed by atoms with van der Waals surface area (Å²) in [5.41, 5.74) is 0.750. The van der Waals surface area contributed by atoms with Crippen LogP contribution in [0.15, 0.2) is 24.3 Å². The Balaban J connectivity index is 2.07. The maximum Gasteiger partial charge on any atom is 0.325 e. The van der Waals surface area contributed by atoms with Gasteiger partial charge in [0.05, 0.1) is 6.54 Å². The molecule has 0 aromatic heterocycles. The van der Waals surface area contributed by atoms with Gasteiger partial charge in [-0.15, -0.1) is 0 Å². The van der Waals surface area contributed by atoms with Crippen molar-refractivity contribution in [2.45, 2.75) is 52.5 Å². The van der Waals surface area contributed by atoms with Crippen molar-refractivity contribution >= 4 is 17.7 Å². The summed E-state index contributed by atoms with van der Waals surface area (Å²) in [6, 6.07) is 6.80. The predicted molar refractivity (Wildman–Crippen MR) is 92.9 cm³/mol. The van der Waals surface area contributed by atoms with Gasteiger partial charge in [-0.2, -0.15) is 0 Å². The topological polar surface area (TPSA) is 66.5 Å². The van der Waals surface area contributed by atoms with E-state index in [-0.39, 0.29) is 18.2 Å². The van der Waals surface area contributed by atoms with Gasteiger partial charge in [0.2, 0.25) is 0 Å². The van der Waals surface area contributed by atoms with Gasteiger partial charge in [-0.1, -0.05) is 45.0 Å². The Morgan fingerprint density at radius 3 is 2.38 bits per heavy atom. The molecule has 130 valence electrons. The van der Waals surface area contributed by atoms with Crippen molar-refractivity contribution < 1.29 is 14.4 Å². The van der Waals surface area contributed by atoms with Crippen LogP contribution in [0.4, 0.5) is 4.79 Å². The molecule has 0 saturated carbocycles. The van der Waals surface area contributed by atoms with E-state index in [0.29, 0.717) is 17.9 Å². The summed E-state index contributed by atoms with van der Waals surface area (Å²) in [5, 5.41) is 2.75. The number of nitrogens with zero attached hydrogens (tertiary/aromatic N) is 1. The van der Waals surface area contributed by atoms with Gasteiger partial charge in [-0.3, -0.25) is 14.5 Å². The second kappa shape index (κ2) is 7.16. The molecule has 1 aliphatic rings. The summed E-state index contributed by atoms with van der Waals surface area (Å²) in [7, 11) is 0. The van der Waals surface area contributed by atoms with Crippen LogP contribution in [-0.4, -0.2) is 34.7 Å². The average Bonchev–Trinajstić information content (AvgIpc) is 2.77. The van der Waals surface area contributed by atoms with Crippen molar-refractivity contribution in [3.8, 4) is 0 Å². The van der Waals surface area contributed by atoms with E-state index in [1.807, 2.05) is 19.1 Å². The highest BCUT2D eigenvalue weighted by Crippen LogP contribution is 2.25. The molecule has 1 N–H and O–H groups in total. The minimum absolute atomic E-state index is 0.215. The molecule has 1 fully saturated rings. The number of aryl methyl sites for hydroxylation is 1. The maximum atomic E-state index is 12.6. The molecular formula is C19H26N2O3. The first-order valence-electron chi connectivity index (χ1n) is 8.53. The van der Waals surface area contributed by atoms with Gasteiger partial charge in [0.25, 0.3) is 5.91 Å². The molecule has 5 heteroatoms. The molecule has 0 unspecified atom stereocenters. The Kier molecular flexibility index (Phi) is 5.42. The fourth-order valence-electron chi connectivity index (χ4n) is 2.80. The van der Waals surface area contributed by atoms with Gasteiger partial charge in [0.15, 0.2) is 5.78 Å². The number of carbonyl (C=O) groups excluding carboxylic acids is 3. The number of Topliss-reactive ketones (excluding diaryl/α,β-unsaturated/α-hetero) is 1. The van der Waals surface area contributed by atoms with Crippen LogP contribution < -0.4 is 5.32 Å². The lowest BCUT2D eigenvalue weighted by molar-refractivity contribution is -0.130. The van der Waals surface area contributed by atoms with E-state index in [2.05, 4.69) is 19.2 Å². The number of hydrogen-bond donors (Lipinski definition) is 1. The van der Waals surface area contributed by atoms with Crippen molar-refractivity contribution in [3.05, 3.63) is 35.4 Å². The number of rotatable bonds is 7. The molecule has 1 aromatic rings. The lowest BCUT2D eigenvalue weighted by Gasteiger charge is -2.22. The monoisotopic (exact) mass is 330 g/mol. The highest BCUT2D eigenvalue weighted by Gasteiger charge is 2.47. The fourth-order valence-corrected chi connectivity index (χ4v) is 2.80. The number of carbonyl (C=O) groups is 3. The fraction of sp³-hybridized carbons (Fsp3) is 0.526. The molecule has 0 spiro atoms. The van der Waals surface area contributed by atoms with Crippen LogP contribution in [0.3, 0.4) is 0 Å². The number of benzene rings is 1. The third kappa shape index (κ3) is 3.83. The Morgan fingerprint density at radius 2 is 1.83 bits per heavy atom. The average molecular weight is 330 g/mol. The summed E-state index contributed by atoms with van der Waals surface area (Å²) in [4.78, 5) is 38.2. The first-order chi connectivity index (χ1) is 11.3. The molecule has 5 nitrogen and oxygen atoms in total. The third-order valence-corrected chi connectivity index (χ3v) is 4.55. The van der Waals surface area contributed by atoms with Gasteiger partial charge in [0, 0.05) is 5.56 Å².